The van der Waals surface area contributed by atoms with Crippen molar-refractivity contribution in [2.24, 2.45) is 0 Å². The minimum atomic E-state index is -4.79. The van der Waals surface area contributed by atoms with Gasteiger partial charge in [0.1, 0.15) is 11.5 Å². The van der Waals surface area contributed by atoms with Gasteiger partial charge < -0.3 is 19.2 Å². The number of carbonyl (C=O) groups is 1. The quantitative estimate of drug-likeness (QED) is 0.683. The lowest BCUT2D eigenvalue weighted by Gasteiger charge is -2.24. The average Bonchev–Trinajstić information content (AvgIpc) is 3.34. The largest absolute Gasteiger partial charge is 0.573 e. The number of hydrogen-bond donors (Lipinski definition) is 1. The van der Waals surface area contributed by atoms with Crippen molar-refractivity contribution in [3.05, 3.63) is 54.0 Å². The summed E-state index contributed by atoms with van der Waals surface area (Å²) in [6.07, 6.45) is -1.25. The van der Waals surface area contributed by atoms with E-state index in [1.165, 1.54) is 18.2 Å². The standard InChI is InChI=1S/C20H23F3N2O4/c21-20(22,23)29-18-8-2-1-5-15(18)11-24-19(26)14-25(12-16-6-3-9-27-16)13-17-7-4-10-28-17/h1-3,5-6,8-9,17H,4,7,10-14H2,(H,24,26). The van der Waals surface area contributed by atoms with Crippen molar-refractivity contribution in [3.8, 4) is 5.75 Å². The fraction of sp³-hybridized carbons (Fsp3) is 0.450. The van der Waals surface area contributed by atoms with Crippen LogP contribution < -0.4 is 10.1 Å². The second kappa shape index (κ2) is 9.80. The van der Waals surface area contributed by atoms with Crippen molar-refractivity contribution in [2.45, 2.75) is 38.4 Å². The Balaban J connectivity index is 1.57. The Labute approximate surface area is 166 Å². The molecule has 0 spiro atoms. The van der Waals surface area contributed by atoms with Crippen molar-refractivity contribution >= 4 is 5.91 Å². The molecule has 29 heavy (non-hydrogen) atoms. The van der Waals surface area contributed by atoms with Crippen LogP contribution in [-0.4, -0.2) is 43.0 Å². The first-order valence-electron chi connectivity index (χ1n) is 9.36. The minimum absolute atomic E-state index is 0.0543. The second-order valence-corrected chi connectivity index (χ2v) is 6.82. The van der Waals surface area contributed by atoms with Gasteiger partial charge in [-0.05, 0) is 31.0 Å². The first-order valence-corrected chi connectivity index (χ1v) is 9.36. The lowest BCUT2D eigenvalue weighted by atomic mass is 10.2. The van der Waals surface area contributed by atoms with E-state index in [1.807, 2.05) is 11.0 Å². The Morgan fingerprint density at radius 2 is 2.07 bits per heavy atom. The number of para-hydroxylation sites is 1. The molecule has 1 amide bonds. The monoisotopic (exact) mass is 412 g/mol. The van der Waals surface area contributed by atoms with Crippen LogP contribution in [0.1, 0.15) is 24.2 Å². The van der Waals surface area contributed by atoms with E-state index < -0.39 is 6.36 Å². The normalized spacial score (nSPS) is 16.9. The van der Waals surface area contributed by atoms with Gasteiger partial charge in [0.15, 0.2) is 0 Å². The van der Waals surface area contributed by atoms with Crippen LogP contribution in [0, 0.1) is 0 Å². The molecule has 3 rings (SSSR count). The van der Waals surface area contributed by atoms with Crippen LogP contribution in [0.25, 0.3) is 0 Å². The molecular formula is C20H23F3N2O4. The van der Waals surface area contributed by atoms with E-state index in [2.05, 4.69) is 10.1 Å². The van der Waals surface area contributed by atoms with Crippen LogP contribution in [0.2, 0.25) is 0 Å². The predicted molar refractivity (Wildman–Crippen MR) is 97.9 cm³/mol. The number of carbonyl (C=O) groups excluding carboxylic acids is 1. The maximum absolute atomic E-state index is 12.5. The molecule has 0 radical (unpaired) electrons. The Hall–Kier alpha value is -2.52. The summed E-state index contributed by atoms with van der Waals surface area (Å²) in [7, 11) is 0. The molecule has 2 heterocycles. The molecule has 1 aliphatic heterocycles. The van der Waals surface area contributed by atoms with Gasteiger partial charge >= 0.3 is 6.36 Å². The number of amides is 1. The average molecular weight is 412 g/mol. The number of alkyl halides is 3. The third-order valence-corrected chi connectivity index (χ3v) is 4.49. The summed E-state index contributed by atoms with van der Waals surface area (Å²) in [5.74, 6) is 0.0863. The van der Waals surface area contributed by atoms with Gasteiger partial charge in [0.25, 0.3) is 0 Å². The number of nitrogens with one attached hydrogen (secondary N) is 1. The molecule has 0 bridgehead atoms. The van der Waals surface area contributed by atoms with Crippen LogP contribution in [0.4, 0.5) is 13.2 Å². The van der Waals surface area contributed by atoms with Gasteiger partial charge in [-0.25, -0.2) is 0 Å². The van der Waals surface area contributed by atoms with E-state index in [1.54, 1.807) is 18.4 Å². The van der Waals surface area contributed by atoms with Crippen LogP contribution >= 0.6 is 0 Å². The zero-order valence-electron chi connectivity index (χ0n) is 15.8. The van der Waals surface area contributed by atoms with Crippen LogP contribution in [0.5, 0.6) is 5.75 Å². The summed E-state index contributed by atoms with van der Waals surface area (Å²) in [5.41, 5.74) is 0.245. The molecule has 1 fully saturated rings. The maximum Gasteiger partial charge on any atom is 0.573 e. The Kier molecular flexibility index (Phi) is 7.16. The van der Waals surface area contributed by atoms with Crippen LogP contribution in [0.15, 0.2) is 47.1 Å². The molecule has 9 heteroatoms. The molecule has 1 N–H and O–H groups in total. The molecule has 1 atom stereocenters. The predicted octanol–water partition coefficient (Wildman–Crippen LogP) is 3.48. The molecule has 2 aromatic rings. The minimum Gasteiger partial charge on any atom is -0.468 e. The van der Waals surface area contributed by atoms with E-state index >= 15 is 0 Å². The molecule has 0 aliphatic carbocycles. The number of benzene rings is 1. The summed E-state index contributed by atoms with van der Waals surface area (Å²) < 4.78 is 52.6. The SMILES string of the molecule is O=C(CN(Cc1ccco1)CC1CCCO1)NCc1ccccc1OC(F)(F)F. The summed E-state index contributed by atoms with van der Waals surface area (Å²) in [4.78, 5) is 14.3. The van der Waals surface area contributed by atoms with Crippen molar-refractivity contribution in [2.75, 3.05) is 19.7 Å². The number of furan rings is 1. The topological polar surface area (TPSA) is 63.9 Å². The van der Waals surface area contributed by atoms with Crippen molar-refractivity contribution < 1.29 is 31.9 Å². The van der Waals surface area contributed by atoms with E-state index in [0.717, 1.165) is 18.6 Å². The highest BCUT2D eigenvalue weighted by molar-refractivity contribution is 5.78. The lowest BCUT2D eigenvalue weighted by molar-refractivity contribution is -0.274. The van der Waals surface area contributed by atoms with Crippen LogP contribution in [-0.2, 0) is 22.6 Å². The number of ether oxygens (including phenoxy) is 2. The van der Waals surface area contributed by atoms with Crippen molar-refractivity contribution in [1.29, 1.82) is 0 Å². The van der Waals surface area contributed by atoms with Gasteiger partial charge in [0.2, 0.25) is 5.91 Å². The number of nitrogens with zero attached hydrogens (tertiary/aromatic N) is 1. The maximum atomic E-state index is 12.5. The fourth-order valence-electron chi connectivity index (χ4n) is 3.21. The number of rotatable bonds is 9. The van der Waals surface area contributed by atoms with Crippen molar-refractivity contribution in [1.82, 2.24) is 10.2 Å². The molecule has 158 valence electrons. The Morgan fingerprint density at radius 1 is 1.24 bits per heavy atom. The van der Waals surface area contributed by atoms with E-state index in [4.69, 9.17) is 9.15 Å². The summed E-state index contributed by atoms with van der Waals surface area (Å²) >= 11 is 0. The molecule has 6 nitrogen and oxygen atoms in total. The second-order valence-electron chi connectivity index (χ2n) is 6.82. The Morgan fingerprint density at radius 3 is 2.76 bits per heavy atom. The molecule has 0 saturated carbocycles. The van der Waals surface area contributed by atoms with E-state index in [9.17, 15) is 18.0 Å². The van der Waals surface area contributed by atoms with E-state index in [-0.39, 0.29) is 36.4 Å². The van der Waals surface area contributed by atoms with E-state index in [0.29, 0.717) is 19.7 Å². The van der Waals surface area contributed by atoms with Crippen LogP contribution in [0.3, 0.4) is 0 Å². The zero-order valence-corrected chi connectivity index (χ0v) is 15.8. The first kappa shape index (κ1) is 21.2. The highest BCUT2D eigenvalue weighted by Crippen LogP contribution is 2.26. The summed E-state index contributed by atoms with van der Waals surface area (Å²) in [5, 5.41) is 2.66. The smallest absolute Gasteiger partial charge is 0.468 e. The molecule has 1 aromatic heterocycles. The molecule has 1 unspecified atom stereocenters. The van der Waals surface area contributed by atoms with Gasteiger partial charge in [-0.1, -0.05) is 18.2 Å². The molecular weight excluding hydrogens is 389 g/mol. The van der Waals surface area contributed by atoms with Gasteiger partial charge in [0.05, 0.1) is 25.5 Å². The Bertz CT molecular complexity index is 774. The first-order chi connectivity index (χ1) is 13.9. The molecule has 1 aromatic carbocycles. The lowest BCUT2D eigenvalue weighted by Crippen LogP contribution is -2.40. The third-order valence-electron chi connectivity index (χ3n) is 4.49. The van der Waals surface area contributed by atoms with Gasteiger partial charge in [-0.2, -0.15) is 0 Å². The third kappa shape index (κ3) is 7.10. The van der Waals surface area contributed by atoms with Gasteiger partial charge in [-0.15, -0.1) is 13.2 Å². The zero-order chi connectivity index (χ0) is 20.7. The summed E-state index contributed by atoms with van der Waals surface area (Å²) in [6.45, 7) is 1.72. The summed E-state index contributed by atoms with van der Waals surface area (Å²) in [6, 6.07) is 9.33. The molecule has 1 aliphatic rings. The van der Waals surface area contributed by atoms with Crippen molar-refractivity contribution in [3.63, 3.8) is 0 Å². The number of hydrogen-bond acceptors (Lipinski definition) is 5. The highest BCUT2D eigenvalue weighted by atomic mass is 19.4. The fourth-order valence-corrected chi connectivity index (χ4v) is 3.21. The molecule has 1 saturated heterocycles. The van der Waals surface area contributed by atoms with Gasteiger partial charge in [-0.3, -0.25) is 9.69 Å². The highest BCUT2D eigenvalue weighted by Gasteiger charge is 2.32. The van der Waals surface area contributed by atoms with Gasteiger partial charge in [0, 0.05) is 25.3 Å². The number of halogens is 3.